The standard InChI is InChI=1S/C18H15N3O2/c22-21(23)16-11-12-17(19-13-16)20-18(14-7-3-1-4-8-14)15-9-5-2-6-10-15/h1-13,18H,(H,19,20). The molecule has 114 valence electrons. The largest absolute Gasteiger partial charge is 0.359 e. The number of nitro groups is 1. The van der Waals surface area contributed by atoms with Crippen LogP contribution in [0.2, 0.25) is 0 Å². The van der Waals surface area contributed by atoms with Gasteiger partial charge in [0.05, 0.1) is 11.0 Å². The summed E-state index contributed by atoms with van der Waals surface area (Å²) in [7, 11) is 0. The Bertz CT molecular complexity index is 735. The van der Waals surface area contributed by atoms with E-state index < -0.39 is 4.92 Å². The molecule has 23 heavy (non-hydrogen) atoms. The van der Waals surface area contributed by atoms with Crippen LogP contribution in [0, 0.1) is 10.1 Å². The van der Waals surface area contributed by atoms with Gasteiger partial charge in [0.1, 0.15) is 12.0 Å². The van der Waals surface area contributed by atoms with Crippen LogP contribution in [0.5, 0.6) is 0 Å². The molecule has 0 unspecified atom stereocenters. The molecule has 2 aromatic carbocycles. The maximum Gasteiger partial charge on any atom is 0.287 e. The van der Waals surface area contributed by atoms with Crippen molar-refractivity contribution < 1.29 is 4.92 Å². The molecular weight excluding hydrogens is 290 g/mol. The Morgan fingerprint density at radius 3 is 1.87 bits per heavy atom. The summed E-state index contributed by atoms with van der Waals surface area (Å²) >= 11 is 0. The molecule has 0 radical (unpaired) electrons. The van der Waals surface area contributed by atoms with Crippen LogP contribution in [-0.4, -0.2) is 9.91 Å². The molecule has 0 amide bonds. The predicted octanol–water partition coefficient (Wildman–Crippen LogP) is 4.19. The van der Waals surface area contributed by atoms with E-state index in [2.05, 4.69) is 10.3 Å². The van der Waals surface area contributed by atoms with E-state index in [1.807, 2.05) is 60.7 Å². The Labute approximate surface area is 133 Å². The van der Waals surface area contributed by atoms with Gasteiger partial charge in [0.2, 0.25) is 0 Å². The zero-order valence-electron chi connectivity index (χ0n) is 12.3. The lowest BCUT2D eigenvalue weighted by atomic mass is 9.99. The third kappa shape index (κ3) is 3.52. The summed E-state index contributed by atoms with van der Waals surface area (Å²) in [6.45, 7) is 0. The maximum atomic E-state index is 10.7. The number of nitrogens with zero attached hydrogens (tertiary/aromatic N) is 2. The number of anilines is 1. The third-order valence-corrected chi connectivity index (χ3v) is 3.52. The summed E-state index contributed by atoms with van der Waals surface area (Å²) in [5.74, 6) is 0.591. The Balaban J connectivity index is 1.92. The molecule has 3 rings (SSSR count). The van der Waals surface area contributed by atoms with E-state index in [9.17, 15) is 10.1 Å². The van der Waals surface area contributed by atoms with Gasteiger partial charge in [-0.1, -0.05) is 60.7 Å². The van der Waals surface area contributed by atoms with E-state index in [0.29, 0.717) is 5.82 Å². The van der Waals surface area contributed by atoms with Crippen molar-refractivity contribution in [3.63, 3.8) is 0 Å². The van der Waals surface area contributed by atoms with Crippen LogP contribution in [0.3, 0.4) is 0 Å². The molecule has 0 fully saturated rings. The summed E-state index contributed by atoms with van der Waals surface area (Å²) in [5.41, 5.74) is 2.17. The highest BCUT2D eigenvalue weighted by molar-refractivity contribution is 5.46. The first-order valence-corrected chi connectivity index (χ1v) is 7.21. The van der Waals surface area contributed by atoms with Crippen molar-refractivity contribution in [1.29, 1.82) is 0 Å². The smallest absolute Gasteiger partial charge is 0.287 e. The Kier molecular flexibility index (Phi) is 4.29. The molecule has 0 aliphatic carbocycles. The van der Waals surface area contributed by atoms with Gasteiger partial charge in [-0.15, -0.1) is 0 Å². The van der Waals surface area contributed by atoms with Gasteiger partial charge in [0.25, 0.3) is 5.69 Å². The highest BCUT2D eigenvalue weighted by atomic mass is 16.6. The SMILES string of the molecule is O=[N+]([O-])c1ccc(NC(c2ccccc2)c2ccccc2)nc1. The zero-order valence-corrected chi connectivity index (χ0v) is 12.3. The second-order valence-electron chi connectivity index (χ2n) is 5.06. The summed E-state index contributed by atoms with van der Waals surface area (Å²) < 4.78 is 0. The molecule has 0 atom stereocenters. The fourth-order valence-electron chi connectivity index (χ4n) is 2.38. The summed E-state index contributed by atoms with van der Waals surface area (Å²) in [4.78, 5) is 14.4. The number of aromatic nitrogens is 1. The number of benzene rings is 2. The van der Waals surface area contributed by atoms with E-state index in [4.69, 9.17) is 0 Å². The van der Waals surface area contributed by atoms with E-state index in [1.54, 1.807) is 6.07 Å². The molecular formula is C18H15N3O2. The van der Waals surface area contributed by atoms with Crippen LogP contribution >= 0.6 is 0 Å². The molecule has 0 bridgehead atoms. The number of pyridine rings is 1. The second-order valence-corrected chi connectivity index (χ2v) is 5.06. The predicted molar refractivity (Wildman–Crippen MR) is 89.2 cm³/mol. The van der Waals surface area contributed by atoms with Crippen LogP contribution in [0.1, 0.15) is 17.2 Å². The Morgan fingerprint density at radius 2 is 1.43 bits per heavy atom. The van der Waals surface area contributed by atoms with Crippen molar-refractivity contribution in [2.45, 2.75) is 6.04 Å². The van der Waals surface area contributed by atoms with Crippen LogP contribution in [0.4, 0.5) is 11.5 Å². The number of nitrogens with one attached hydrogen (secondary N) is 1. The maximum absolute atomic E-state index is 10.7. The van der Waals surface area contributed by atoms with Crippen molar-refractivity contribution in [3.05, 3.63) is 100 Å². The third-order valence-electron chi connectivity index (χ3n) is 3.52. The lowest BCUT2D eigenvalue weighted by molar-refractivity contribution is -0.385. The zero-order chi connectivity index (χ0) is 16.1. The molecule has 1 heterocycles. The first-order valence-electron chi connectivity index (χ1n) is 7.21. The van der Waals surface area contributed by atoms with E-state index in [1.165, 1.54) is 12.3 Å². The van der Waals surface area contributed by atoms with Crippen LogP contribution in [0.25, 0.3) is 0 Å². The average molecular weight is 305 g/mol. The van der Waals surface area contributed by atoms with E-state index in [-0.39, 0.29) is 11.7 Å². The van der Waals surface area contributed by atoms with Gasteiger partial charge >= 0.3 is 0 Å². The molecule has 5 heteroatoms. The highest BCUT2D eigenvalue weighted by Gasteiger charge is 2.14. The molecule has 0 saturated carbocycles. The first-order chi connectivity index (χ1) is 11.2. The van der Waals surface area contributed by atoms with Crippen molar-refractivity contribution in [2.24, 2.45) is 0 Å². The fourth-order valence-corrected chi connectivity index (χ4v) is 2.38. The fraction of sp³-hybridized carbons (Fsp3) is 0.0556. The molecule has 0 aliphatic heterocycles. The highest BCUT2D eigenvalue weighted by Crippen LogP contribution is 2.26. The van der Waals surface area contributed by atoms with Crippen LogP contribution < -0.4 is 5.32 Å². The Hall–Kier alpha value is -3.21. The van der Waals surface area contributed by atoms with Gasteiger partial charge in [-0.2, -0.15) is 0 Å². The normalized spacial score (nSPS) is 10.5. The summed E-state index contributed by atoms with van der Waals surface area (Å²) in [6, 6.07) is 23.0. The molecule has 1 N–H and O–H groups in total. The number of rotatable bonds is 5. The second kappa shape index (κ2) is 6.70. The molecule has 5 nitrogen and oxygen atoms in total. The van der Waals surface area contributed by atoms with Gasteiger partial charge < -0.3 is 5.32 Å². The number of hydrogen-bond acceptors (Lipinski definition) is 4. The van der Waals surface area contributed by atoms with Gasteiger partial charge in [-0.05, 0) is 17.2 Å². The van der Waals surface area contributed by atoms with Gasteiger partial charge in [0, 0.05) is 6.07 Å². The first kappa shape index (κ1) is 14.7. The minimum absolute atomic E-state index is 0.0217. The molecule has 1 aromatic heterocycles. The van der Waals surface area contributed by atoms with E-state index >= 15 is 0 Å². The minimum atomic E-state index is -0.456. The quantitative estimate of drug-likeness (QED) is 0.567. The van der Waals surface area contributed by atoms with Crippen molar-refractivity contribution in [2.75, 3.05) is 5.32 Å². The van der Waals surface area contributed by atoms with Crippen LogP contribution in [-0.2, 0) is 0 Å². The lowest BCUT2D eigenvalue weighted by Gasteiger charge is -2.20. The molecule has 0 spiro atoms. The van der Waals surface area contributed by atoms with Gasteiger partial charge in [0.15, 0.2) is 0 Å². The summed E-state index contributed by atoms with van der Waals surface area (Å²) in [5, 5.41) is 14.1. The average Bonchev–Trinajstić information content (AvgIpc) is 2.61. The van der Waals surface area contributed by atoms with Gasteiger partial charge in [-0.25, -0.2) is 4.98 Å². The number of hydrogen-bond donors (Lipinski definition) is 1. The van der Waals surface area contributed by atoms with Crippen molar-refractivity contribution in [3.8, 4) is 0 Å². The topological polar surface area (TPSA) is 68.1 Å². The monoisotopic (exact) mass is 305 g/mol. The summed E-state index contributed by atoms with van der Waals surface area (Å²) in [6.07, 6.45) is 1.26. The minimum Gasteiger partial charge on any atom is -0.359 e. The molecule has 0 saturated heterocycles. The van der Waals surface area contributed by atoms with Crippen LogP contribution in [0.15, 0.2) is 79.0 Å². The van der Waals surface area contributed by atoms with Gasteiger partial charge in [-0.3, -0.25) is 10.1 Å². The van der Waals surface area contributed by atoms with E-state index in [0.717, 1.165) is 11.1 Å². The molecule has 0 aliphatic rings. The lowest BCUT2D eigenvalue weighted by Crippen LogP contribution is -2.13. The van der Waals surface area contributed by atoms with Crippen molar-refractivity contribution in [1.82, 2.24) is 4.98 Å². The Morgan fingerprint density at radius 1 is 0.870 bits per heavy atom. The van der Waals surface area contributed by atoms with Crippen molar-refractivity contribution >= 4 is 11.5 Å². The molecule has 3 aromatic rings.